The number of hydrogen-bond donors (Lipinski definition) is 0. The predicted molar refractivity (Wildman–Crippen MR) is 81.5 cm³/mol. The molecule has 0 saturated carbocycles. The first-order valence-electron chi connectivity index (χ1n) is 7.23. The van der Waals surface area contributed by atoms with Gasteiger partial charge in [0.25, 0.3) is 0 Å². The minimum Gasteiger partial charge on any atom is -0.423 e. The third-order valence-electron chi connectivity index (χ3n) is 3.82. The Kier molecular flexibility index (Phi) is 3.31. The third kappa shape index (κ3) is 2.63. The number of halogens is 3. The van der Waals surface area contributed by atoms with Gasteiger partial charge in [0.2, 0.25) is 18.1 Å². The van der Waals surface area contributed by atoms with E-state index in [0.29, 0.717) is 17.0 Å². The molecule has 0 spiro atoms. The van der Waals surface area contributed by atoms with Gasteiger partial charge in [-0.3, -0.25) is 4.40 Å². The molecular formula is C16H10F3N5O. The second kappa shape index (κ2) is 5.40. The van der Waals surface area contributed by atoms with Crippen LogP contribution in [0.25, 0.3) is 28.2 Å². The molecule has 0 bridgehead atoms. The first-order valence-corrected chi connectivity index (χ1v) is 7.23. The molecular weight excluding hydrogens is 335 g/mol. The number of hydrogen-bond acceptors (Lipinski definition) is 5. The second-order valence-corrected chi connectivity index (χ2v) is 5.44. The van der Waals surface area contributed by atoms with Crippen molar-refractivity contribution in [1.29, 1.82) is 0 Å². The summed E-state index contributed by atoms with van der Waals surface area (Å²) >= 11 is 0. The Labute approximate surface area is 139 Å². The fourth-order valence-electron chi connectivity index (χ4n) is 2.58. The summed E-state index contributed by atoms with van der Waals surface area (Å²) in [6, 6.07) is 8.63. The first kappa shape index (κ1) is 15.3. The van der Waals surface area contributed by atoms with E-state index in [1.807, 2.05) is 19.1 Å². The fourth-order valence-corrected chi connectivity index (χ4v) is 2.58. The quantitative estimate of drug-likeness (QED) is 0.553. The molecule has 4 aromatic rings. The maximum Gasteiger partial charge on any atom is 0.452 e. The van der Waals surface area contributed by atoms with Crippen LogP contribution in [0.5, 0.6) is 0 Å². The molecule has 3 heterocycles. The number of benzene rings is 1. The Hall–Kier alpha value is -3.23. The lowest BCUT2D eigenvalue weighted by Crippen LogP contribution is -2.10. The summed E-state index contributed by atoms with van der Waals surface area (Å²) in [5, 5.41) is 14.3. The zero-order chi connectivity index (χ0) is 17.6. The van der Waals surface area contributed by atoms with Crippen LogP contribution in [0.2, 0.25) is 0 Å². The number of alkyl halides is 3. The highest BCUT2D eigenvalue weighted by atomic mass is 19.4. The summed E-state index contributed by atoms with van der Waals surface area (Å²) in [4.78, 5) is 0. The molecule has 0 amide bonds. The molecule has 0 aliphatic rings. The van der Waals surface area contributed by atoms with Crippen LogP contribution < -0.4 is 0 Å². The van der Waals surface area contributed by atoms with E-state index >= 15 is 0 Å². The highest BCUT2D eigenvalue weighted by Crippen LogP contribution is 2.31. The lowest BCUT2D eigenvalue weighted by atomic mass is 10.0. The Morgan fingerprint density at radius 3 is 2.52 bits per heavy atom. The summed E-state index contributed by atoms with van der Waals surface area (Å²) in [7, 11) is 0. The van der Waals surface area contributed by atoms with Crippen LogP contribution in [0.3, 0.4) is 0 Å². The molecule has 4 rings (SSSR count). The van der Waals surface area contributed by atoms with Gasteiger partial charge in [0.05, 0.1) is 0 Å². The summed E-state index contributed by atoms with van der Waals surface area (Å²) in [5.74, 6) is -0.714. The monoisotopic (exact) mass is 345 g/mol. The average Bonchev–Trinajstić information content (AvgIpc) is 3.23. The molecule has 9 heteroatoms. The highest BCUT2D eigenvalue weighted by molar-refractivity contribution is 5.72. The largest absolute Gasteiger partial charge is 0.452 e. The van der Waals surface area contributed by atoms with Crippen LogP contribution in [0.15, 0.2) is 47.3 Å². The van der Waals surface area contributed by atoms with Crippen LogP contribution in [0, 0.1) is 6.92 Å². The van der Waals surface area contributed by atoms with E-state index in [2.05, 4.69) is 20.4 Å². The van der Waals surface area contributed by atoms with Crippen molar-refractivity contribution in [2.24, 2.45) is 0 Å². The molecule has 0 atom stereocenters. The Morgan fingerprint density at radius 2 is 1.80 bits per heavy atom. The molecule has 3 aromatic heterocycles. The normalized spacial score (nSPS) is 12.0. The van der Waals surface area contributed by atoms with E-state index in [1.54, 1.807) is 12.1 Å². The van der Waals surface area contributed by atoms with Crippen molar-refractivity contribution in [2.45, 2.75) is 13.1 Å². The molecule has 0 unspecified atom stereocenters. The Morgan fingerprint density at radius 1 is 1.00 bits per heavy atom. The van der Waals surface area contributed by atoms with E-state index < -0.39 is 12.0 Å². The highest BCUT2D eigenvalue weighted by Gasteiger charge is 2.36. The third-order valence-corrected chi connectivity index (χ3v) is 3.82. The number of aryl methyl sites for hydroxylation is 1. The lowest BCUT2D eigenvalue weighted by molar-refractivity contribution is -0.145. The van der Waals surface area contributed by atoms with E-state index in [1.165, 1.54) is 18.7 Å². The second-order valence-electron chi connectivity index (χ2n) is 5.44. The average molecular weight is 345 g/mol. The van der Waals surface area contributed by atoms with Gasteiger partial charge in [-0.05, 0) is 41.8 Å². The van der Waals surface area contributed by atoms with Gasteiger partial charge in [-0.25, -0.2) is 0 Å². The van der Waals surface area contributed by atoms with Gasteiger partial charge in [-0.1, -0.05) is 12.1 Å². The first-order chi connectivity index (χ1) is 11.9. The molecule has 126 valence electrons. The van der Waals surface area contributed by atoms with Gasteiger partial charge in [-0.15, -0.1) is 20.4 Å². The Bertz CT molecular complexity index is 1050. The van der Waals surface area contributed by atoms with Crippen LogP contribution in [0.1, 0.15) is 11.4 Å². The zero-order valence-electron chi connectivity index (χ0n) is 12.8. The Balaban J connectivity index is 1.86. The molecule has 0 aliphatic heterocycles. The fraction of sp³-hybridized carbons (Fsp3) is 0.125. The predicted octanol–water partition coefficient (Wildman–Crippen LogP) is 3.77. The maximum absolute atomic E-state index is 13.0. The molecule has 0 saturated heterocycles. The van der Waals surface area contributed by atoms with E-state index in [-0.39, 0.29) is 5.65 Å². The van der Waals surface area contributed by atoms with Gasteiger partial charge < -0.3 is 4.42 Å². The molecule has 6 nitrogen and oxygen atoms in total. The van der Waals surface area contributed by atoms with Gasteiger partial charge in [0, 0.05) is 11.8 Å². The van der Waals surface area contributed by atoms with Gasteiger partial charge in [0.1, 0.15) is 0 Å². The number of fused-ring (bicyclic) bond motifs is 1. The van der Waals surface area contributed by atoms with E-state index in [4.69, 9.17) is 4.42 Å². The minimum absolute atomic E-state index is 0.125. The van der Waals surface area contributed by atoms with Crippen molar-refractivity contribution >= 4 is 5.65 Å². The summed E-state index contributed by atoms with van der Waals surface area (Å²) in [6.07, 6.45) is -2.00. The molecule has 0 radical (unpaired) electrons. The van der Waals surface area contributed by atoms with Crippen LogP contribution in [-0.4, -0.2) is 24.8 Å². The van der Waals surface area contributed by atoms with Gasteiger partial charge >= 0.3 is 6.18 Å². The number of rotatable bonds is 2. The van der Waals surface area contributed by atoms with Crippen molar-refractivity contribution in [2.75, 3.05) is 0 Å². The standard InChI is InChI=1S/C16H10F3N5O/c1-9-2-3-10(6-12(9)14-22-20-8-25-14)11-4-5-13-21-23-15(16(17,18)19)24(13)7-11/h2-8H,1H3. The summed E-state index contributed by atoms with van der Waals surface area (Å²) < 4.78 is 45.3. The van der Waals surface area contributed by atoms with Crippen molar-refractivity contribution < 1.29 is 17.6 Å². The van der Waals surface area contributed by atoms with Crippen molar-refractivity contribution in [3.8, 4) is 22.6 Å². The van der Waals surface area contributed by atoms with Crippen LogP contribution in [0.4, 0.5) is 13.2 Å². The maximum atomic E-state index is 13.0. The van der Waals surface area contributed by atoms with E-state index in [0.717, 1.165) is 15.5 Å². The van der Waals surface area contributed by atoms with Crippen molar-refractivity contribution in [1.82, 2.24) is 24.8 Å². The van der Waals surface area contributed by atoms with E-state index in [9.17, 15) is 13.2 Å². The topological polar surface area (TPSA) is 69.1 Å². The molecule has 0 N–H and O–H groups in total. The lowest BCUT2D eigenvalue weighted by Gasteiger charge is -2.08. The zero-order valence-corrected chi connectivity index (χ0v) is 12.8. The van der Waals surface area contributed by atoms with Crippen molar-refractivity contribution in [3.05, 3.63) is 54.3 Å². The minimum atomic E-state index is -4.58. The number of pyridine rings is 1. The van der Waals surface area contributed by atoms with Crippen molar-refractivity contribution in [3.63, 3.8) is 0 Å². The SMILES string of the molecule is Cc1ccc(-c2ccc3nnc(C(F)(F)F)n3c2)cc1-c1nnco1. The number of nitrogens with zero attached hydrogens (tertiary/aromatic N) is 5. The molecule has 0 fully saturated rings. The van der Waals surface area contributed by atoms with Crippen LogP contribution in [-0.2, 0) is 6.18 Å². The summed E-state index contributed by atoms with van der Waals surface area (Å²) in [6.45, 7) is 1.88. The van der Waals surface area contributed by atoms with Gasteiger partial charge in [-0.2, -0.15) is 13.2 Å². The molecule has 0 aliphatic carbocycles. The molecule has 25 heavy (non-hydrogen) atoms. The van der Waals surface area contributed by atoms with Gasteiger partial charge in [0.15, 0.2) is 5.65 Å². The summed E-state index contributed by atoms with van der Waals surface area (Å²) in [5.41, 5.74) is 3.05. The van der Waals surface area contributed by atoms with Crippen LogP contribution >= 0.6 is 0 Å². The smallest absolute Gasteiger partial charge is 0.423 e. The molecule has 1 aromatic carbocycles. The number of aromatic nitrogens is 5.